The molecular weight excluding hydrogens is 407 g/mol. The topological polar surface area (TPSA) is 27.7 Å². The van der Waals surface area contributed by atoms with Crippen LogP contribution < -0.4 is 0 Å². The van der Waals surface area contributed by atoms with Gasteiger partial charge in [-0.1, -0.05) is 73.1 Å². The number of hydrogen-bond donors (Lipinski definition) is 1. The smallest absolute Gasteiger partial charge is 0.374 e. The molecule has 0 aliphatic heterocycles. The molecule has 0 aliphatic rings. The summed E-state index contributed by atoms with van der Waals surface area (Å²) in [5, 5.41) is 0. The molecule has 0 saturated carbocycles. The van der Waals surface area contributed by atoms with Crippen molar-refractivity contribution in [3.05, 3.63) is 0 Å². The van der Waals surface area contributed by atoms with Gasteiger partial charge < -0.3 is 14.0 Å². The van der Waals surface area contributed by atoms with Gasteiger partial charge in [-0.2, -0.15) is 0 Å². The molecule has 168 valence electrons. The first-order chi connectivity index (χ1) is 13.6. The van der Waals surface area contributed by atoms with E-state index in [1.165, 1.54) is 51.4 Å². The van der Waals surface area contributed by atoms with Crippen LogP contribution in [0.5, 0.6) is 0 Å². The van der Waals surface area contributed by atoms with E-state index in [0.717, 1.165) is 30.8 Å². The molecule has 0 N–H and O–H groups in total. The van der Waals surface area contributed by atoms with Crippen LogP contribution >= 0.6 is 36.2 Å². The molecule has 0 radical (unpaired) electrons. The van der Waals surface area contributed by atoms with Crippen molar-refractivity contribution in [3.8, 4) is 0 Å². The lowest BCUT2D eigenvalue weighted by atomic mass is 10.2. The Morgan fingerprint density at radius 1 is 0.643 bits per heavy atom. The summed E-state index contributed by atoms with van der Waals surface area (Å²) in [6, 6.07) is 0. The second-order valence-electron chi connectivity index (χ2n) is 7.10. The van der Waals surface area contributed by atoms with E-state index in [1.54, 1.807) is 0 Å². The Morgan fingerprint density at radius 2 is 1.11 bits per heavy atom. The first kappa shape index (κ1) is 29.0. The summed E-state index contributed by atoms with van der Waals surface area (Å²) in [4.78, 5) is 0. The SMILES string of the molecule is CCCCCCSC(CC)OB(OC(S)CC)OC(CC)SCCCCCC. The molecule has 3 nitrogen and oxygen atoms in total. The van der Waals surface area contributed by atoms with Gasteiger partial charge in [0.2, 0.25) is 0 Å². The number of rotatable bonds is 21. The van der Waals surface area contributed by atoms with Gasteiger partial charge >= 0.3 is 7.32 Å². The molecule has 0 heterocycles. The molecule has 0 aromatic heterocycles. The first-order valence-electron chi connectivity index (χ1n) is 11.5. The average molecular weight is 453 g/mol. The lowest BCUT2D eigenvalue weighted by molar-refractivity contribution is 0.0671. The zero-order valence-electron chi connectivity index (χ0n) is 19.0. The van der Waals surface area contributed by atoms with Crippen molar-refractivity contribution < 1.29 is 14.0 Å². The van der Waals surface area contributed by atoms with Gasteiger partial charge in [-0.3, -0.25) is 0 Å². The Labute approximate surface area is 190 Å². The fourth-order valence-electron chi connectivity index (χ4n) is 2.56. The van der Waals surface area contributed by atoms with Crippen LogP contribution in [0.4, 0.5) is 0 Å². The minimum absolute atomic E-state index is 0.107. The third-order valence-corrected chi connectivity index (χ3v) is 7.58. The van der Waals surface area contributed by atoms with Gasteiger partial charge in [0.05, 0.1) is 16.3 Å². The highest BCUT2D eigenvalue weighted by molar-refractivity contribution is 8.00. The fourth-order valence-corrected chi connectivity index (χ4v) is 4.74. The van der Waals surface area contributed by atoms with Crippen LogP contribution in [0.2, 0.25) is 0 Å². The summed E-state index contributed by atoms with van der Waals surface area (Å²) in [5.74, 6) is 2.26. The van der Waals surface area contributed by atoms with Gasteiger partial charge in [0.1, 0.15) is 0 Å². The molecule has 0 spiro atoms. The predicted octanol–water partition coefficient (Wildman–Crippen LogP) is 7.79. The van der Waals surface area contributed by atoms with Crippen molar-refractivity contribution in [2.75, 3.05) is 11.5 Å². The Hall–Kier alpha value is 0.995. The molecule has 0 aromatic rings. The average Bonchev–Trinajstić information content (AvgIpc) is 2.71. The molecular formula is C21H45BO3S3. The third-order valence-electron chi connectivity index (χ3n) is 4.41. The van der Waals surface area contributed by atoms with Crippen LogP contribution in [-0.4, -0.2) is 35.1 Å². The maximum atomic E-state index is 6.21. The minimum atomic E-state index is -0.636. The molecule has 0 amide bonds. The number of unbranched alkanes of at least 4 members (excludes halogenated alkanes) is 6. The molecule has 0 fully saturated rings. The lowest BCUT2D eigenvalue weighted by Gasteiger charge is -2.26. The zero-order chi connectivity index (χ0) is 21.0. The van der Waals surface area contributed by atoms with Gasteiger partial charge in [0.15, 0.2) is 0 Å². The van der Waals surface area contributed by atoms with Crippen molar-refractivity contribution in [1.82, 2.24) is 0 Å². The van der Waals surface area contributed by atoms with Crippen LogP contribution in [0.1, 0.15) is 105 Å². The first-order valence-corrected chi connectivity index (χ1v) is 14.1. The van der Waals surface area contributed by atoms with Crippen LogP contribution in [-0.2, 0) is 14.0 Å². The molecule has 0 rings (SSSR count). The second kappa shape index (κ2) is 21.2. The van der Waals surface area contributed by atoms with E-state index in [9.17, 15) is 0 Å². The Balaban J connectivity index is 4.49. The summed E-state index contributed by atoms with van der Waals surface area (Å²) in [6.07, 6.45) is 13.0. The summed E-state index contributed by atoms with van der Waals surface area (Å²) >= 11 is 8.26. The highest BCUT2D eigenvalue weighted by atomic mass is 32.2. The van der Waals surface area contributed by atoms with Gasteiger partial charge in [0, 0.05) is 0 Å². The standard InChI is InChI=1S/C21H45BO3S3/c1-6-11-13-15-17-27-20(9-4)24-22(23-19(26)8-3)25-21(10-5)28-18-16-14-12-7-2/h19-21,26H,6-18H2,1-5H3. The van der Waals surface area contributed by atoms with Gasteiger partial charge in [0.25, 0.3) is 0 Å². The fraction of sp³-hybridized carbons (Fsp3) is 1.00. The van der Waals surface area contributed by atoms with E-state index < -0.39 is 7.32 Å². The number of thioether (sulfide) groups is 2. The molecule has 0 aromatic carbocycles. The van der Waals surface area contributed by atoms with E-state index in [2.05, 4.69) is 47.2 Å². The monoisotopic (exact) mass is 452 g/mol. The maximum Gasteiger partial charge on any atom is 0.641 e. The predicted molar refractivity (Wildman–Crippen MR) is 133 cm³/mol. The minimum Gasteiger partial charge on any atom is -0.374 e. The lowest BCUT2D eigenvalue weighted by Crippen LogP contribution is -2.36. The number of hydrogen-bond acceptors (Lipinski definition) is 6. The summed E-state index contributed by atoms with van der Waals surface area (Å²) < 4.78 is 18.4. The molecule has 0 saturated heterocycles. The van der Waals surface area contributed by atoms with Crippen molar-refractivity contribution >= 4 is 43.5 Å². The van der Waals surface area contributed by atoms with Crippen molar-refractivity contribution in [2.24, 2.45) is 0 Å². The summed E-state index contributed by atoms with van der Waals surface area (Å²) in [7, 11) is -0.636. The molecule has 0 bridgehead atoms. The Morgan fingerprint density at radius 3 is 1.46 bits per heavy atom. The van der Waals surface area contributed by atoms with Crippen LogP contribution in [0, 0.1) is 0 Å². The zero-order valence-corrected chi connectivity index (χ0v) is 21.5. The molecule has 7 heteroatoms. The normalized spacial score (nSPS) is 14.8. The largest absolute Gasteiger partial charge is 0.641 e. The third kappa shape index (κ3) is 16.8. The van der Waals surface area contributed by atoms with Crippen molar-refractivity contribution in [2.45, 2.75) is 122 Å². The van der Waals surface area contributed by atoms with Gasteiger partial charge in [-0.05, 0) is 43.6 Å². The Bertz CT molecular complexity index is 303. The van der Waals surface area contributed by atoms with E-state index in [0.29, 0.717) is 0 Å². The van der Waals surface area contributed by atoms with Crippen LogP contribution in [0.25, 0.3) is 0 Å². The Kier molecular flexibility index (Phi) is 22.0. The maximum absolute atomic E-state index is 6.21. The second-order valence-corrected chi connectivity index (χ2v) is 10.2. The summed E-state index contributed by atoms with van der Waals surface area (Å²) in [5.41, 5.74) is 0.0521. The molecule has 3 atom stereocenters. The van der Waals surface area contributed by atoms with E-state index in [-0.39, 0.29) is 16.3 Å². The molecule has 28 heavy (non-hydrogen) atoms. The van der Waals surface area contributed by atoms with E-state index in [4.69, 9.17) is 14.0 Å². The van der Waals surface area contributed by atoms with E-state index in [1.807, 2.05) is 23.5 Å². The van der Waals surface area contributed by atoms with Crippen LogP contribution in [0.3, 0.4) is 0 Å². The summed E-state index contributed by atoms with van der Waals surface area (Å²) in [6.45, 7) is 10.9. The van der Waals surface area contributed by atoms with Gasteiger partial charge in [-0.25, -0.2) is 0 Å². The van der Waals surface area contributed by atoms with Crippen molar-refractivity contribution in [3.63, 3.8) is 0 Å². The van der Waals surface area contributed by atoms with Gasteiger partial charge in [-0.15, -0.1) is 36.2 Å². The highest BCUT2D eigenvalue weighted by Gasteiger charge is 2.30. The van der Waals surface area contributed by atoms with Crippen molar-refractivity contribution in [1.29, 1.82) is 0 Å². The van der Waals surface area contributed by atoms with Crippen LogP contribution in [0.15, 0.2) is 0 Å². The quantitative estimate of drug-likeness (QED) is 0.0830. The van der Waals surface area contributed by atoms with E-state index >= 15 is 0 Å². The highest BCUT2D eigenvalue weighted by Crippen LogP contribution is 2.24. The molecule has 0 aliphatic carbocycles. The molecule has 3 unspecified atom stereocenters. The number of thiol groups is 1.